The van der Waals surface area contributed by atoms with Crippen LogP contribution in [0.4, 0.5) is 28.9 Å². The van der Waals surface area contributed by atoms with E-state index in [1.54, 1.807) is 47.0 Å². The smallest absolute Gasteiger partial charge is 0.406 e. The molecule has 0 unspecified atom stereocenters. The number of hydrogen-bond donors (Lipinski definition) is 1. The van der Waals surface area contributed by atoms with Gasteiger partial charge in [0.05, 0.1) is 21.9 Å². The number of pyridine rings is 1. The van der Waals surface area contributed by atoms with E-state index in [1.165, 1.54) is 18.2 Å². The maximum atomic E-state index is 15.5. The van der Waals surface area contributed by atoms with Crippen LogP contribution in [0.25, 0.3) is 5.65 Å². The number of hydrogen-bond acceptors (Lipinski definition) is 5. The molecule has 2 aromatic carbocycles. The molecule has 1 aliphatic carbocycles. The van der Waals surface area contributed by atoms with Gasteiger partial charge in [0.25, 0.3) is 5.91 Å². The minimum absolute atomic E-state index is 0.135. The largest absolute Gasteiger partial charge is 0.573 e. The number of aryl methyl sites for hydroxylation is 1. The number of benzene rings is 2. The minimum Gasteiger partial charge on any atom is -0.406 e. The second-order valence-electron chi connectivity index (χ2n) is 11.1. The van der Waals surface area contributed by atoms with Gasteiger partial charge >= 0.3 is 6.36 Å². The Morgan fingerprint density at radius 1 is 1.14 bits per heavy atom. The molecule has 7 nitrogen and oxygen atoms in total. The van der Waals surface area contributed by atoms with E-state index in [0.29, 0.717) is 65.3 Å². The number of piperazine rings is 1. The zero-order valence-corrected chi connectivity index (χ0v) is 24.3. The number of nitrogens with zero attached hydrogens (tertiary/aromatic N) is 4. The molecule has 6 rings (SSSR count). The lowest BCUT2D eigenvalue weighted by Gasteiger charge is -2.45. The number of rotatable bonds is 7. The van der Waals surface area contributed by atoms with Crippen LogP contribution in [-0.2, 0) is 13.0 Å². The summed E-state index contributed by atoms with van der Waals surface area (Å²) in [6.45, 7) is 5.89. The Morgan fingerprint density at radius 3 is 2.53 bits per heavy atom. The molecule has 12 heteroatoms. The van der Waals surface area contributed by atoms with E-state index in [9.17, 15) is 18.0 Å². The molecule has 4 aromatic rings. The minimum atomic E-state index is -4.74. The summed E-state index contributed by atoms with van der Waals surface area (Å²) in [7, 11) is 0. The van der Waals surface area contributed by atoms with Gasteiger partial charge < -0.3 is 19.9 Å². The van der Waals surface area contributed by atoms with Gasteiger partial charge in [-0.15, -0.1) is 13.2 Å². The van der Waals surface area contributed by atoms with Crippen molar-refractivity contribution < 1.29 is 27.1 Å². The highest BCUT2D eigenvalue weighted by Gasteiger charge is 2.58. The summed E-state index contributed by atoms with van der Waals surface area (Å²) in [6, 6.07) is 14.4. The molecule has 0 bridgehead atoms. The highest BCUT2D eigenvalue weighted by atomic mass is 35.5. The van der Waals surface area contributed by atoms with Crippen molar-refractivity contribution in [3.63, 3.8) is 0 Å². The molecule has 1 spiro atoms. The number of amides is 1. The maximum absolute atomic E-state index is 15.5. The third-order valence-electron chi connectivity index (χ3n) is 8.41. The molecular weight excluding hydrogens is 586 g/mol. The molecule has 1 saturated carbocycles. The van der Waals surface area contributed by atoms with Crippen molar-refractivity contribution in [2.45, 2.75) is 45.1 Å². The van der Waals surface area contributed by atoms with E-state index >= 15 is 4.39 Å². The fraction of sp³-hybridized carbons (Fsp3) is 0.355. The van der Waals surface area contributed by atoms with Crippen LogP contribution in [0.3, 0.4) is 0 Å². The van der Waals surface area contributed by atoms with Crippen LogP contribution in [0.1, 0.15) is 42.0 Å². The summed E-state index contributed by atoms with van der Waals surface area (Å²) in [5.74, 6) is -0.635. The molecule has 1 N–H and O–H groups in total. The van der Waals surface area contributed by atoms with Crippen molar-refractivity contribution in [2.24, 2.45) is 5.92 Å². The number of ether oxygens (including phenoxy) is 1. The van der Waals surface area contributed by atoms with Crippen molar-refractivity contribution in [1.82, 2.24) is 14.7 Å². The van der Waals surface area contributed by atoms with Crippen molar-refractivity contribution in [2.75, 3.05) is 29.4 Å². The topological polar surface area (TPSA) is 62.1 Å². The molecular formula is C31H30ClF4N5O2. The number of carbonyl (C=O) groups is 1. The van der Waals surface area contributed by atoms with Crippen LogP contribution >= 0.6 is 11.6 Å². The lowest BCUT2D eigenvalue weighted by atomic mass is 10.0. The molecule has 2 aliphatic rings. The van der Waals surface area contributed by atoms with Crippen molar-refractivity contribution in [3.05, 3.63) is 88.6 Å². The van der Waals surface area contributed by atoms with Gasteiger partial charge in [0.15, 0.2) is 0 Å². The second kappa shape index (κ2) is 10.9. The molecule has 226 valence electrons. The van der Waals surface area contributed by atoms with Crippen LogP contribution in [0, 0.1) is 11.7 Å². The maximum Gasteiger partial charge on any atom is 0.573 e. The molecule has 43 heavy (non-hydrogen) atoms. The summed E-state index contributed by atoms with van der Waals surface area (Å²) in [5, 5.41) is 3.36. The molecule has 1 aliphatic heterocycles. The molecule has 2 atom stereocenters. The quantitative estimate of drug-likeness (QED) is 0.237. The van der Waals surface area contributed by atoms with Crippen LogP contribution < -0.4 is 19.9 Å². The number of nitrogens with one attached hydrogen (secondary N) is 1. The number of imidazole rings is 1. The second-order valence-corrected chi connectivity index (χ2v) is 11.6. The number of fused-ring (bicyclic) bond motifs is 1. The van der Waals surface area contributed by atoms with Crippen molar-refractivity contribution in [1.29, 1.82) is 0 Å². The highest BCUT2D eigenvalue weighted by molar-refractivity contribution is 6.30. The number of aromatic nitrogens is 2. The Balaban J connectivity index is 1.13. The third-order valence-corrected chi connectivity index (χ3v) is 8.63. The average Bonchev–Trinajstić information content (AvgIpc) is 3.42. The van der Waals surface area contributed by atoms with E-state index in [4.69, 9.17) is 11.6 Å². The molecule has 3 heterocycles. The zero-order valence-electron chi connectivity index (χ0n) is 23.6. The van der Waals surface area contributed by atoms with E-state index in [1.807, 2.05) is 11.8 Å². The van der Waals surface area contributed by atoms with Gasteiger partial charge in [0.1, 0.15) is 22.9 Å². The van der Waals surface area contributed by atoms with Gasteiger partial charge in [-0.2, -0.15) is 0 Å². The molecule has 1 amide bonds. The van der Waals surface area contributed by atoms with Gasteiger partial charge in [0.2, 0.25) is 0 Å². The highest BCUT2D eigenvalue weighted by Crippen LogP contribution is 2.52. The standard InChI is InChI=1S/C31H30ClF4N5O2/c1-3-25-28(40-17-21(32)5-11-27(40)38-25)29(42)37-16-20-4-10-26(24(33)14-20)39-12-13-41(30(18-39)15-19(30)2)22-6-8-23(9-7-22)43-31(34,35)36/h4-11,14,17,19H,3,12-13,15-16,18H2,1-2H3,(H,37,42)/t19-,30-/m1/s1. The molecule has 1 saturated heterocycles. The van der Waals surface area contributed by atoms with E-state index in [-0.39, 0.29) is 29.6 Å². The fourth-order valence-corrected chi connectivity index (χ4v) is 6.32. The SMILES string of the molecule is CCc1nc2ccc(Cl)cn2c1C(=O)NCc1ccc(N2CCN(c3ccc(OC(F)(F)F)cc3)[C@]3(C[C@H]3C)C2)c(F)c1. The number of anilines is 2. The summed E-state index contributed by atoms with van der Waals surface area (Å²) in [4.78, 5) is 21.9. The van der Waals surface area contributed by atoms with E-state index in [0.717, 1.165) is 12.1 Å². The first-order chi connectivity index (χ1) is 20.5. The Morgan fingerprint density at radius 2 is 1.88 bits per heavy atom. The van der Waals surface area contributed by atoms with Crippen LogP contribution in [0.5, 0.6) is 5.75 Å². The number of carbonyl (C=O) groups excluding carboxylic acids is 1. The summed E-state index contributed by atoms with van der Waals surface area (Å²) >= 11 is 6.14. The van der Waals surface area contributed by atoms with Gasteiger partial charge in [-0.3, -0.25) is 9.20 Å². The van der Waals surface area contributed by atoms with Crippen LogP contribution in [0.15, 0.2) is 60.8 Å². The number of alkyl halides is 3. The first-order valence-corrected chi connectivity index (χ1v) is 14.5. The summed E-state index contributed by atoms with van der Waals surface area (Å²) < 4.78 is 58.9. The first kappa shape index (κ1) is 29.1. The lowest BCUT2D eigenvalue weighted by molar-refractivity contribution is -0.274. The van der Waals surface area contributed by atoms with E-state index < -0.39 is 6.36 Å². The Labute approximate surface area is 251 Å². The normalized spacial score (nSPS) is 20.1. The van der Waals surface area contributed by atoms with Gasteiger partial charge in [-0.1, -0.05) is 31.5 Å². The van der Waals surface area contributed by atoms with Gasteiger partial charge in [-0.05, 0) is 72.9 Å². The Kier molecular flexibility index (Phi) is 7.40. The van der Waals surface area contributed by atoms with Crippen molar-refractivity contribution >= 4 is 34.5 Å². The predicted molar refractivity (Wildman–Crippen MR) is 156 cm³/mol. The molecule has 0 radical (unpaired) electrons. The predicted octanol–water partition coefficient (Wildman–Crippen LogP) is 6.62. The average molecular weight is 616 g/mol. The molecule has 2 aromatic heterocycles. The van der Waals surface area contributed by atoms with Crippen LogP contribution in [0.2, 0.25) is 5.02 Å². The first-order valence-electron chi connectivity index (χ1n) is 14.1. The lowest BCUT2D eigenvalue weighted by Crippen LogP contribution is -2.56. The number of halogens is 5. The third kappa shape index (κ3) is 5.70. The van der Waals surface area contributed by atoms with Gasteiger partial charge in [0, 0.05) is 38.1 Å². The van der Waals surface area contributed by atoms with Crippen LogP contribution in [-0.4, -0.2) is 46.8 Å². The van der Waals surface area contributed by atoms with Gasteiger partial charge in [-0.25, -0.2) is 9.37 Å². The Bertz CT molecular complexity index is 1680. The van der Waals surface area contributed by atoms with E-state index in [2.05, 4.69) is 26.9 Å². The Hall–Kier alpha value is -3.99. The monoisotopic (exact) mass is 615 g/mol. The fourth-order valence-electron chi connectivity index (χ4n) is 6.16. The summed E-state index contributed by atoms with van der Waals surface area (Å²) in [5.41, 5.74) is 3.34. The molecule has 2 fully saturated rings. The summed E-state index contributed by atoms with van der Waals surface area (Å²) in [6.07, 6.45) is -1.63. The van der Waals surface area contributed by atoms with Crippen molar-refractivity contribution in [3.8, 4) is 5.75 Å². The zero-order chi connectivity index (χ0) is 30.5.